The number of benzene rings is 1. The summed E-state index contributed by atoms with van der Waals surface area (Å²) in [6, 6.07) is 8.80. The van der Waals surface area contributed by atoms with Gasteiger partial charge in [0.15, 0.2) is 0 Å². The molecule has 1 saturated carbocycles. The zero-order valence-corrected chi connectivity index (χ0v) is 12.2. The number of aryl methyl sites for hydroxylation is 1. The predicted molar refractivity (Wildman–Crippen MR) is 77.7 cm³/mol. The largest absolute Gasteiger partial charge is 0.488 e. The highest BCUT2D eigenvalue weighted by molar-refractivity contribution is 5.27. The number of nitrogens with one attached hydrogen (secondary N) is 1. The molecule has 3 nitrogen and oxygen atoms in total. The van der Waals surface area contributed by atoms with Crippen LogP contribution >= 0.6 is 0 Å². The number of hydrogen-bond acceptors (Lipinski definition) is 3. The first kappa shape index (κ1) is 14.4. The molecule has 0 spiro atoms. The van der Waals surface area contributed by atoms with Gasteiger partial charge in [-0.3, -0.25) is 0 Å². The average Bonchev–Trinajstić information content (AvgIpc) is 2.44. The molecule has 0 saturated heterocycles. The second-order valence-electron chi connectivity index (χ2n) is 5.12. The van der Waals surface area contributed by atoms with Crippen molar-refractivity contribution < 1.29 is 9.47 Å². The first-order valence-electron chi connectivity index (χ1n) is 7.33. The maximum atomic E-state index is 6.03. The summed E-state index contributed by atoms with van der Waals surface area (Å²) < 4.78 is 11.9. The standard InChI is InChI=1S/C16H25NO2/c1-4-10-18-16-14(17-3)11-15(16)19-13-8-6-12(5-2)7-9-13/h6-9,14-17H,4-5,10-11H2,1-3H3. The number of hydrogen-bond donors (Lipinski definition) is 1. The van der Waals surface area contributed by atoms with Crippen LogP contribution in [0.2, 0.25) is 0 Å². The quantitative estimate of drug-likeness (QED) is 0.820. The summed E-state index contributed by atoms with van der Waals surface area (Å²) in [4.78, 5) is 0. The molecule has 19 heavy (non-hydrogen) atoms. The Morgan fingerprint density at radius 3 is 2.53 bits per heavy atom. The van der Waals surface area contributed by atoms with Gasteiger partial charge in [0.25, 0.3) is 0 Å². The molecular weight excluding hydrogens is 238 g/mol. The van der Waals surface area contributed by atoms with Crippen molar-refractivity contribution in [3.63, 3.8) is 0 Å². The predicted octanol–water partition coefficient (Wildman–Crippen LogP) is 2.78. The van der Waals surface area contributed by atoms with Gasteiger partial charge in [0.2, 0.25) is 0 Å². The Labute approximate surface area is 116 Å². The van der Waals surface area contributed by atoms with Crippen LogP contribution in [0.5, 0.6) is 5.75 Å². The third-order valence-corrected chi connectivity index (χ3v) is 3.75. The van der Waals surface area contributed by atoms with Crippen LogP contribution in [0.1, 0.15) is 32.3 Å². The Kier molecular flexibility index (Phi) is 5.23. The summed E-state index contributed by atoms with van der Waals surface area (Å²) in [6.45, 7) is 5.10. The van der Waals surface area contributed by atoms with Gasteiger partial charge in [0, 0.05) is 19.1 Å². The van der Waals surface area contributed by atoms with Crippen LogP contribution in [0.3, 0.4) is 0 Å². The van der Waals surface area contributed by atoms with Crippen LogP contribution in [0.4, 0.5) is 0 Å². The van der Waals surface area contributed by atoms with Gasteiger partial charge in [-0.15, -0.1) is 0 Å². The first-order chi connectivity index (χ1) is 9.28. The van der Waals surface area contributed by atoms with Crippen molar-refractivity contribution in [2.45, 2.75) is 51.4 Å². The van der Waals surface area contributed by atoms with E-state index in [1.54, 1.807) is 0 Å². The van der Waals surface area contributed by atoms with Gasteiger partial charge < -0.3 is 14.8 Å². The van der Waals surface area contributed by atoms with E-state index in [1.807, 2.05) is 7.05 Å². The molecule has 0 aromatic heterocycles. The van der Waals surface area contributed by atoms with Crippen LogP contribution in [0.15, 0.2) is 24.3 Å². The number of likely N-dealkylation sites (N-methyl/N-ethyl adjacent to an activating group) is 1. The lowest BCUT2D eigenvalue weighted by Gasteiger charge is -2.43. The lowest BCUT2D eigenvalue weighted by molar-refractivity contribution is -0.106. The summed E-state index contributed by atoms with van der Waals surface area (Å²) in [5, 5.41) is 3.29. The van der Waals surface area contributed by atoms with Crippen molar-refractivity contribution in [1.82, 2.24) is 5.32 Å². The highest BCUT2D eigenvalue weighted by Crippen LogP contribution is 2.29. The van der Waals surface area contributed by atoms with Crippen LogP contribution in [-0.2, 0) is 11.2 Å². The normalized spacial score (nSPS) is 25.9. The summed E-state index contributed by atoms with van der Waals surface area (Å²) in [7, 11) is 1.99. The van der Waals surface area contributed by atoms with Crippen LogP contribution in [0, 0.1) is 0 Å². The smallest absolute Gasteiger partial charge is 0.128 e. The van der Waals surface area contributed by atoms with E-state index >= 15 is 0 Å². The van der Waals surface area contributed by atoms with Crippen molar-refractivity contribution >= 4 is 0 Å². The molecule has 1 aliphatic rings. The van der Waals surface area contributed by atoms with E-state index in [0.717, 1.165) is 31.6 Å². The molecule has 0 amide bonds. The molecule has 0 heterocycles. The molecule has 1 aromatic carbocycles. The van der Waals surface area contributed by atoms with Gasteiger partial charge in [-0.25, -0.2) is 0 Å². The Bertz CT molecular complexity index is 377. The van der Waals surface area contributed by atoms with Crippen molar-refractivity contribution in [2.24, 2.45) is 0 Å². The average molecular weight is 263 g/mol. The summed E-state index contributed by atoms with van der Waals surface area (Å²) in [5.41, 5.74) is 1.34. The third-order valence-electron chi connectivity index (χ3n) is 3.75. The highest BCUT2D eigenvalue weighted by atomic mass is 16.5. The Morgan fingerprint density at radius 2 is 1.95 bits per heavy atom. The van der Waals surface area contributed by atoms with E-state index in [0.29, 0.717) is 6.04 Å². The van der Waals surface area contributed by atoms with E-state index < -0.39 is 0 Å². The van der Waals surface area contributed by atoms with Gasteiger partial charge in [-0.05, 0) is 37.6 Å². The van der Waals surface area contributed by atoms with Crippen LogP contribution < -0.4 is 10.1 Å². The van der Waals surface area contributed by atoms with Crippen molar-refractivity contribution in [3.8, 4) is 5.75 Å². The van der Waals surface area contributed by atoms with Gasteiger partial charge in [-0.1, -0.05) is 26.0 Å². The number of ether oxygens (including phenoxy) is 2. The third kappa shape index (κ3) is 3.48. The Hall–Kier alpha value is -1.06. The second kappa shape index (κ2) is 6.92. The maximum Gasteiger partial charge on any atom is 0.128 e. The van der Waals surface area contributed by atoms with Crippen LogP contribution in [-0.4, -0.2) is 31.9 Å². The molecule has 0 bridgehead atoms. The topological polar surface area (TPSA) is 30.5 Å². The van der Waals surface area contributed by atoms with E-state index in [9.17, 15) is 0 Å². The SMILES string of the molecule is CCCOC1C(NC)CC1Oc1ccc(CC)cc1. The molecule has 1 fully saturated rings. The molecule has 0 aliphatic heterocycles. The van der Waals surface area contributed by atoms with Crippen molar-refractivity contribution in [1.29, 1.82) is 0 Å². The van der Waals surface area contributed by atoms with Gasteiger partial charge in [-0.2, -0.15) is 0 Å². The van der Waals surface area contributed by atoms with Crippen LogP contribution in [0.25, 0.3) is 0 Å². The highest BCUT2D eigenvalue weighted by Gasteiger charge is 2.42. The Morgan fingerprint density at radius 1 is 1.21 bits per heavy atom. The minimum absolute atomic E-state index is 0.177. The molecule has 1 aliphatic carbocycles. The molecule has 3 heteroatoms. The number of rotatable bonds is 7. The molecular formula is C16H25NO2. The fraction of sp³-hybridized carbons (Fsp3) is 0.625. The summed E-state index contributed by atoms with van der Waals surface area (Å²) >= 11 is 0. The molecule has 106 valence electrons. The fourth-order valence-corrected chi connectivity index (χ4v) is 2.44. The first-order valence-corrected chi connectivity index (χ1v) is 7.33. The zero-order valence-electron chi connectivity index (χ0n) is 12.2. The van der Waals surface area contributed by atoms with Crippen molar-refractivity contribution in [3.05, 3.63) is 29.8 Å². The fourth-order valence-electron chi connectivity index (χ4n) is 2.44. The van der Waals surface area contributed by atoms with E-state index in [-0.39, 0.29) is 12.2 Å². The van der Waals surface area contributed by atoms with Gasteiger partial charge in [0.05, 0.1) is 0 Å². The van der Waals surface area contributed by atoms with Gasteiger partial charge >= 0.3 is 0 Å². The molecule has 0 radical (unpaired) electrons. The summed E-state index contributed by atoms with van der Waals surface area (Å²) in [6.07, 6.45) is 3.48. The molecule has 1 aromatic rings. The molecule has 1 N–H and O–H groups in total. The monoisotopic (exact) mass is 263 g/mol. The minimum atomic E-state index is 0.177. The maximum absolute atomic E-state index is 6.03. The zero-order chi connectivity index (χ0) is 13.7. The van der Waals surface area contributed by atoms with Crippen molar-refractivity contribution in [2.75, 3.05) is 13.7 Å². The minimum Gasteiger partial charge on any atom is -0.488 e. The molecule has 2 rings (SSSR count). The van der Waals surface area contributed by atoms with E-state index in [1.165, 1.54) is 5.56 Å². The summed E-state index contributed by atoms with van der Waals surface area (Å²) in [5.74, 6) is 0.946. The second-order valence-corrected chi connectivity index (χ2v) is 5.12. The lowest BCUT2D eigenvalue weighted by atomic mass is 9.85. The van der Waals surface area contributed by atoms with E-state index in [2.05, 4.69) is 43.4 Å². The molecule has 3 unspecified atom stereocenters. The lowest BCUT2D eigenvalue weighted by Crippen LogP contribution is -2.60. The molecule has 3 atom stereocenters. The Balaban J connectivity index is 1.90. The van der Waals surface area contributed by atoms with E-state index in [4.69, 9.17) is 9.47 Å². The van der Waals surface area contributed by atoms with Gasteiger partial charge in [0.1, 0.15) is 18.0 Å².